The smallest absolute Gasteiger partial charge is 0.343 e. The van der Waals surface area contributed by atoms with Crippen molar-refractivity contribution in [2.75, 3.05) is 0 Å². The zero-order valence-corrected chi connectivity index (χ0v) is 7.95. The van der Waals surface area contributed by atoms with E-state index in [1.165, 1.54) is 11.3 Å². The van der Waals surface area contributed by atoms with Crippen LogP contribution < -0.4 is 0 Å². The maximum atomic E-state index is 11.4. The van der Waals surface area contributed by atoms with Gasteiger partial charge >= 0.3 is 5.97 Å². The van der Waals surface area contributed by atoms with Crippen LogP contribution in [-0.4, -0.2) is 22.3 Å². The Labute approximate surface area is 83.7 Å². The predicted octanol–water partition coefficient (Wildman–Crippen LogP) is 0.298. The van der Waals surface area contributed by atoms with E-state index < -0.39 is 23.8 Å². The second kappa shape index (κ2) is 2.36. The molecular weight excluding hydrogens is 204 g/mol. The summed E-state index contributed by atoms with van der Waals surface area (Å²) in [5, 5.41) is 21.6. The van der Waals surface area contributed by atoms with Crippen molar-refractivity contribution in [2.45, 2.75) is 24.2 Å². The molecule has 0 radical (unpaired) electrons. The number of aliphatic hydroxyl groups excluding tert-OH is 1. The van der Waals surface area contributed by atoms with Crippen molar-refractivity contribution in [2.24, 2.45) is 0 Å². The number of thiophene rings is 1. The fourth-order valence-electron chi connectivity index (χ4n) is 2.11. The average molecular weight is 212 g/mol. The van der Waals surface area contributed by atoms with Crippen molar-refractivity contribution in [3.8, 4) is 0 Å². The Bertz CT molecular complexity index is 413. The molecule has 74 valence electrons. The highest BCUT2D eigenvalue weighted by Gasteiger charge is 2.57. The summed E-state index contributed by atoms with van der Waals surface area (Å²) in [6, 6.07) is 1.67. The lowest BCUT2D eigenvalue weighted by Gasteiger charge is -2.26. The molecule has 5 heteroatoms. The molecule has 3 atom stereocenters. The molecule has 0 saturated carbocycles. The molecule has 2 aliphatic rings. The zero-order valence-electron chi connectivity index (χ0n) is 7.14. The number of esters is 1. The summed E-state index contributed by atoms with van der Waals surface area (Å²) in [7, 11) is 0. The first-order valence-corrected chi connectivity index (χ1v) is 5.20. The minimum atomic E-state index is -1.51. The second-order valence-corrected chi connectivity index (χ2v) is 4.60. The van der Waals surface area contributed by atoms with Crippen LogP contribution in [0.2, 0.25) is 0 Å². The van der Waals surface area contributed by atoms with Crippen molar-refractivity contribution in [3.05, 3.63) is 21.9 Å². The van der Waals surface area contributed by atoms with Gasteiger partial charge < -0.3 is 14.9 Å². The van der Waals surface area contributed by atoms with Gasteiger partial charge in [-0.2, -0.15) is 0 Å². The van der Waals surface area contributed by atoms with Gasteiger partial charge in [-0.1, -0.05) is 0 Å². The van der Waals surface area contributed by atoms with Gasteiger partial charge in [0.2, 0.25) is 0 Å². The van der Waals surface area contributed by atoms with Crippen molar-refractivity contribution in [3.63, 3.8) is 0 Å². The van der Waals surface area contributed by atoms with Crippen molar-refractivity contribution < 1.29 is 19.7 Å². The number of hydrogen-bond donors (Lipinski definition) is 2. The normalized spacial score (nSPS) is 39.4. The summed E-state index contributed by atoms with van der Waals surface area (Å²) >= 11 is 1.34. The van der Waals surface area contributed by atoms with Crippen LogP contribution in [-0.2, 0) is 15.1 Å². The third-order valence-electron chi connectivity index (χ3n) is 2.85. The molecule has 3 rings (SSSR count). The fourth-order valence-corrected chi connectivity index (χ4v) is 3.11. The topological polar surface area (TPSA) is 66.8 Å². The van der Waals surface area contributed by atoms with E-state index in [1.54, 1.807) is 11.4 Å². The van der Waals surface area contributed by atoms with E-state index in [4.69, 9.17) is 4.74 Å². The number of hydrogen-bond acceptors (Lipinski definition) is 5. The summed E-state index contributed by atoms with van der Waals surface area (Å²) < 4.78 is 4.91. The third-order valence-corrected chi connectivity index (χ3v) is 3.84. The number of fused-ring (bicyclic) bond motifs is 4. The minimum absolute atomic E-state index is 0.163. The Morgan fingerprint density at radius 2 is 2.43 bits per heavy atom. The summed E-state index contributed by atoms with van der Waals surface area (Å²) in [4.78, 5) is 12.1. The first-order valence-electron chi connectivity index (χ1n) is 4.32. The maximum Gasteiger partial charge on any atom is 0.343 e. The Hall–Kier alpha value is -0.910. The van der Waals surface area contributed by atoms with Crippen LogP contribution in [0.3, 0.4) is 0 Å². The highest BCUT2D eigenvalue weighted by Crippen LogP contribution is 2.49. The number of carbonyl (C=O) groups is 1. The van der Waals surface area contributed by atoms with Crippen LogP contribution in [0.5, 0.6) is 0 Å². The van der Waals surface area contributed by atoms with Crippen LogP contribution >= 0.6 is 11.3 Å². The molecule has 1 aliphatic heterocycles. The van der Waals surface area contributed by atoms with E-state index in [0.29, 0.717) is 10.4 Å². The highest BCUT2D eigenvalue weighted by molar-refractivity contribution is 7.10. The van der Waals surface area contributed by atoms with Gasteiger partial charge in [0.1, 0.15) is 12.2 Å². The Morgan fingerprint density at radius 1 is 1.64 bits per heavy atom. The van der Waals surface area contributed by atoms with Gasteiger partial charge in [0, 0.05) is 16.9 Å². The molecule has 2 N–H and O–H groups in total. The van der Waals surface area contributed by atoms with E-state index in [1.807, 2.05) is 0 Å². The lowest BCUT2D eigenvalue weighted by molar-refractivity contribution is -0.156. The van der Waals surface area contributed by atoms with E-state index in [9.17, 15) is 15.0 Å². The SMILES string of the molecule is O=C1O[C@@H]2C[C@@]1(O)c1ccsc1[C@H]2O. The standard InChI is InChI=1S/C9H8O4S/c10-6-5-3-9(12,8(11)13-5)4-1-2-14-7(4)6/h1-2,5-6,10,12H,3H2/t5-,6+,9-/m1/s1. The molecule has 0 spiro atoms. The molecule has 14 heavy (non-hydrogen) atoms. The van der Waals surface area contributed by atoms with Crippen LogP contribution in [0, 0.1) is 0 Å². The molecule has 1 aromatic rings. The largest absolute Gasteiger partial charge is 0.457 e. The first kappa shape index (κ1) is 8.40. The van der Waals surface area contributed by atoms with Crippen LogP contribution in [0.25, 0.3) is 0 Å². The van der Waals surface area contributed by atoms with Crippen LogP contribution in [0.4, 0.5) is 0 Å². The van der Waals surface area contributed by atoms with Gasteiger partial charge in [0.25, 0.3) is 0 Å². The van der Waals surface area contributed by atoms with E-state index in [2.05, 4.69) is 0 Å². The fraction of sp³-hybridized carbons (Fsp3) is 0.444. The van der Waals surface area contributed by atoms with Gasteiger partial charge in [0.15, 0.2) is 5.60 Å². The monoisotopic (exact) mass is 212 g/mol. The molecule has 4 nitrogen and oxygen atoms in total. The molecule has 1 aliphatic carbocycles. The maximum absolute atomic E-state index is 11.4. The van der Waals surface area contributed by atoms with E-state index >= 15 is 0 Å². The number of rotatable bonds is 0. The van der Waals surface area contributed by atoms with Gasteiger partial charge in [-0.05, 0) is 11.4 Å². The summed E-state index contributed by atoms with van der Waals surface area (Å²) in [6.45, 7) is 0. The molecule has 2 heterocycles. The molecule has 0 amide bonds. The molecule has 2 bridgehead atoms. The van der Waals surface area contributed by atoms with Crippen LogP contribution in [0.15, 0.2) is 11.4 Å². The van der Waals surface area contributed by atoms with Gasteiger partial charge in [0.05, 0.1) is 0 Å². The Morgan fingerprint density at radius 3 is 3.21 bits per heavy atom. The minimum Gasteiger partial charge on any atom is -0.457 e. The molecule has 0 unspecified atom stereocenters. The lowest BCUT2D eigenvalue weighted by atomic mass is 9.83. The Balaban J connectivity index is 2.26. The van der Waals surface area contributed by atoms with E-state index in [-0.39, 0.29) is 6.42 Å². The third kappa shape index (κ3) is 0.778. The number of ether oxygens (including phenoxy) is 1. The van der Waals surface area contributed by atoms with Crippen molar-refractivity contribution in [1.29, 1.82) is 0 Å². The number of aliphatic hydroxyl groups is 2. The van der Waals surface area contributed by atoms with E-state index in [0.717, 1.165) is 0 Å². The molecule has 1 fully saturated rings. The lowest BCUT2D eigenvalue weighted by Crippen LogP contribution is -2.34. The quantitative estimate of drug-likeness (QED) is 0.607. The predicted molar refractivity (Wildman–Crippen MR) is 47.7 cm³/mol. The molecule has 1 aromatic heterocycles. The molecule has 1 saturated heterocycles. The summed E-state index contributed by atoms with van der Waals surface area (Å²) in [5.74, 6) is -0.640. The van der Waals surface area contributed by atoms with Crippen molar-refractivity contribution >= 4 is 17.3 Å². The van der Waals surface area contributed by atoms with Gasteiger partial charge in [-0.3, -0.25) is 0 Å². The summed E-state index contributed by atoms with van der Waals surface area (Å²) in [5.41, 5.74) is -1.01. The second-order valence-electron chi connectivity index (χ2n) is 3.65. The van der Waals surface area contributed by atoms with Gasteiger partial charge in [-0.25, -0.2) is 4.79 Å². The average Bonchev–Trinajstić information content (AvgIpc) is 2.69. The first-order chi connectivity index (χ1) is 6.63. The highest BCUT2D eigenvalue weighted by atomic mass is 32.1. The van der Waals surface area contributed by atoms with Crippen LogP contribution in [0.1, 0.15) is 23.0 Å². The Kier molecular flexibility index (Phi) is 1.42. The molecule has 0 aromatic carbocycles. The zero-order chi connectivity index (χ0) is 9.92. The number of carbonyl (C=O) groups excluding carboxylic acids is 1. The van der Waals surface area contributed by atoms with Crippen molar-refractivity contribution in [1.82, 2.24) is 0 Å². The molecular formula is C9H8O4S. The van der Waals surface area contributed by atoms with Gasteiger partial charge in [-0.15, -0.1) is 11.3 Å². The summed E-state index contributed by atoms with van der Waals surface area (Å²) in [6.07, 6.45) is -1.20.